The summed E-state index contributed by atoms with van der Waals surface area (Å²) in [6.07, 6.45) is 2.36. The van der Waals surface area contributed by atoms with Crippen LogP contribution >= 0.6 is 0 Å². The summed E-state index contributed by atoms with van der Waals surface area (Å²) < 4.78 is 6.48. The van der Waals surface area contributed by atoms with Crippen LogP contribution in [0.2, 0.25) is 0 Å². The van der Waals surface area contributed by atoms with E-state index in [1.54, 1.807) is 11.5 Å². The maximum Gasteiger partial charge on any atom is 0.345 e. The summed E-state index contributed by atoms with van der Waals surface area (Å²) >= 11 is 0. The monoisotopic (exact) mass is 250 g/mol. The largest absolute Gasteiger partial charge is 0.462 e. The highest BCUT2D eigenvalue weighted by atomic mass is 16.5. The van der Waals surface area contributed by atoms with E-state index >= 15 is 0 Å². The van der Waals surface area contributed by atoms with Crippen LogP contribution in [0.1, 0.15) is 49.3 Å². The molecule has 0 aliphatic carbocycles. The van der Waals surface area contributed by atoms with E-state index in [0.29, 0.717) is 12.5 Å². The van der Waals surface area contributed by atoms with E-state index in [0.717, 1.165) is 12.2 Å². The second-order valence-corrected chi connectivity index (χ2v) is 4.91. The Bertz CT molecular complexity index is 521. The zero-order chi connectivity index (χ0) is 13.3. The highest BCUT2D eigenvalue weighted by molar-refractivity contribution is 5.88. The van der Waals surface area contributed by atoms with Crippen molar-refractivity contribution < 1.29 is 9.53 Å². The number of ether oxygens (including phenoxy) is 1. The van der Waals surface area contributed by atoms with Crippen molar-refractivity contribution in [2.45, 2.75) is 39.7 Å². The average Bonchev–Trinajstić information content (AvgIpc) is 2.30. The minimum atomic E-state index is -0.587. The van der Waals surface area contributed by atoms with Crippen molar-refractivity contribution in [2.24, 2.45) is 5.92 Å². The van der Waals surface area contributed by atoms with Crippen molar-refractivity contribution in [1.29, 1.82) is 0 Å². The quantitative estimate of drug-likeness (QED) is 0.747. The van der Waals surface area contributed by atoms with Gasteiger partial charge in [0.05, 0.1) is 6.61 Å². The van der Waals surface area contributed by atoms with Gasteiger partial charge in [0.15, 0.2) is 0 Å². The standard InChI is InChI=1S/C13H18N2O3/c1-4-18-13(17)10-6-14-11-9(3)5-8(2)7-15(11)12(10)16/h6,8-9H,4-5,7H2,1-3H3/t8-,9+/m0/s1. The topological polar surface area (TPSA) is 61.2 Å². The van der Waals surface area contributed by atoms with Crippen molar-refractivity contribution in [3.63, 3.8) is 0 Å². The molecule has 98 valence electrons. The molecule has 1 aromatic rings. The molecule has 5 nitrogen and oxygen atoms in total. The molecule has 1 aromatic heterocycles. The number of fused-ring (bicyclic) bond motifs is 1. The zero-order valence-corrected chi connectivity index (χ0v) is 11.0. The van der Waals surface area contributed by atoms with Crippen molar-refractivity contribution in [1.82, 2.24) is 9.55 Å². The molecule has 5 heteroatoms. The van der Waals surface area contributed by atoms with Gasteiger partial charge in [-0.1, -0.05) is 13.8 Å². The third-order valence-electron chi connectivity index (χ3n) is 3.26. The fourth-order valence-corrected chi connectivity index (χ4v) is 2.52. The fraction of sp³-hybridized carbons (Fsp3) is 0.615. The minimum absolute atomic E-state index is 0.0295. The van der Waals surface area contributed by atoms with Crippen LogP contribution in [0.15, 0.2) is 11.0 Å². The van der Waals surface area contributed by atoms with Gasteiger partial charge < -0.3 is 4.74 Å². The van der Waals surface area contributed by atoms with Crippen molar-refractivity contribution in [3.8, 4) is 0 Å². The lowest BCUT2D eigenvalue weighted by atomic mass is 9.92. The molecule has 0 spiro atoms. The van der Waals surface area contributed by atoms with Gasteiger partial charge in [-0.2, -0.15) is 0 Å². The van der Waals surface area contributed by atoms with Crippen LogP contribution in [-0.4, -0.2) is 22.1 Å². The van der Waals surface area contributed by atoms with E-state index in [1.807, 2.05) is 0 Å². The van der Waals surface area contributed by atoms with Crippen LogP contribution in [0.5, 0.6) is 0 Å². The number of carbonyl (C=O) groups is 1. The van der Waals surface area contributed by atoms with Crippen LogP contribution < -0.4 is 5.56 Å². The molecule has 1 aliphatic rings. The molecule has 0 radical (unpaired) electrons. The van der Waals surface area contributed by atoms with Crippen molar-refractivity contribution in [2.75, 3.05) is 6.61 Å². The second-order valence-electron chi connectivity index (χ2n) is 4.91. The Morgan fingerprint density at radius 2 is 2.28 bits per heavy atom. The number of rotatable bonds is 2. The SMILES string of the molecule is CCOC(=O)c1cnc2n(c1=O)C[C@@H](C)C[C@H]2C. The summed E-state index contributed by atoms with van der Waals surface area (Å²) in [6, 6.07) is 0. The van der Waals surface area contributed by atoms with Gasteiger partial charge in [0.1, 0.15) is 11.4 Å². The van der Waals surface area contributed by atoms with E-state index in [9.17, 15) is 9.59 Å². The molecular formula is C13H18N2O3. The molecule has 0 N–H and O–H groups in total. The Morgan fingerprint density at radius 3 is 2.94 bits per heavy atom. The summed E-state index contributed by atoms with van der Waals surface area (Å²) in [5.41, 5.74) is -0.251. The Hall–Kier alpha value is -1.65. The van der Waals surface area contributed by atoms with Gasteiger partial charge in [-0.05, 0) is 19.3 Å². The summed E-state index contributed by atoms with van der Waals surface area (Å²) in [4.78, 5) is 28.1. The first-order chi connectivity index (χ1) is 8.54. The molecule has 0 unspecified atom stereocenters. The summed E-state index contributed by atoms with van der Waals surface area (Å²) in [7, 11) is 0. The summed E-state index contributed by atoms with van der Waals surface area (Å²) in [6.45, 7) is 6.75. The highest BCUT2D eigenvalue weighted by Gasteiger charge is 2.26. The summed E-state index contributed by atoms with van der Waals surface area (Å²) in [5, 5.41) is 0. The molecular weight excluding hydrogens is 232 g/mol. The molecule has 1 aliphatic heterocycles. The van der Waals surface area contributed by atoms with E-state index in [-0.39, 0.29) is 23.6 Å². The van der Waals surface area contributed by atoms with Gasteiger partial charge in [0.2, 0.25) is 0 Å². The van der Waals surface area contributed by atoms with Gasteiger partial charge in [-0.25, -0.2) is 9.78 Å². The van der Waals surface area contributed by atoms with Gasteiger partial charge in [0, 0.05) is 18.7 Å². The van der Waals surface area contributed by atoms with Crippen LogP contribution in [0.4, 0.5) is 0 Å². The number of hydrogen-bond acceptors (Lipinski definition) is 4. The average molecular weight is 250 g/mol. The Morgan fingerprint density at radius 1 is 1.56 bits per heavy atom. The van der Waals surface area contributed by atoms with E-state index in [1.165, 1.54) is 6.20 Å². The van der Waals surface area contributed by atoms with Crippen LogP contribution in [0, 0.1) is 5.92 Å². The molecule has 2 atom stereocenters. The lowest BCUT2D eigenvalue weighted by Crippen LogP contribution is -2.36. The fourth-order valence-electron chi connectivity index (χ4n) is 2.52. The van der Waals surface area contributed by atoms with Crippen LogP contribution in [0.3, 0.4) is 0 Å². The Kier molecular flexibility index (Phi) is 3.50. The van der Waals surface area contributed by atoms with E-state index in [4.69, 9.17) is 4.74 Å². The molecule has 0 bridgehead atoms. The molecule has 2 heterocycles. The maximum absolute atomic E-state index is 12.2. The van der Waals surface area contributed by atoms with Gasteiger partial charge in [-0.3, -0.25) is 9.36 Å². The van der Waals surface area contributed by atoms with E-state index in [2.05, 4.69) is 18.8 Å². The first-order valence-electron chi connectivity index (χ1n) is 6.31. The van der Waals surface area contributed by atoms with Crippen molar-refractivity contribution >= 4 is 5.97 Å². The molecule has 0 fully saturated rings. The van der Waals surface area contributed by atoms with Gasteiger partial charge in [-0.15, -0.1) is 0 Å². The number of aromatic nitrogens is 2. The minimum Gasteiger partial charge on any atom is -0.462 e. The first-order valence-corrected chi connectivity index (χ1v) is 6.31. The molecule has 18 heavy (non-hydrogen) atoms. The maximum atomic E-state index is 12.2. The van der Waals surface area contributed by atoms with E-state index < -0.39 is 5.97 Å². The van der Waals surface area contributed by atoms with Gasteiger partial charge in [0.25, 0.3) is 5.56 Å². The van der Waals surface area contributed by atoms with Gasteiger partial charge >= 0.3 is 5.97 Å². The number of carbonyl (C=O) groups excluding carboxylic acids is 1. The molecule has 0 amide bonds. The Labute approximate surface area is 106 Å². The lowest BCUT2D eigenvalue weighted by Gasteiger charge is -2.27. The Balaban J connectivity index is 2.47. The number of nitrogens with zero attached hydrogens (tertiary/aromatic N) is 2. The summed E-state index contributed by atoms with van der Waals surface area (Å²) in [5.74, 6) is 0.851. The van der Waals surface area contributed by atoms with Crippen LogP contribution in [-0.2, 0) is 11.3 Å². The predicted molar refractivity (Wildman–Crippen MR) is 66.6 cm³/mol. The zero-order valence-electron chi connectivity index (χ0n) is 11.0. The van der Waals surface area contributed by atoms with Crippen LogP contribution in [0.25, 0.3) is 0 Å². The molecule has 0 saturated heterocycles. The second kappa shape index (κ2) is 4.92. The first kappa shape index (κ1) is 12.8. The molecule has 0 saturated carbocycles. The normalized spacial score (nSPS) is 22.4. The lowest BCUT2D eigenvalue weighted by molar-refractivity contribution is 0.0522. The smallest absolute Gasteiger partial charge is 0.345 e. The predicted octanol–water partition coefficient (Wildman–Crippen LogP) is 1.56. The van der Waals surface area contributed by atoms with Crippen molar-refractivity contribution in [3.05, 3.63) is 27.9 Å². The molecule has 2 rings (SSSR count). The number of hydrogen-bond donors (Lipinski definition) is 0. The third-order valence-corrected chi connectivity index (χ3v) is 3.26. The molecule has 0 aromatic carbocycles. The number of esters is 1. The third kappa shape index (κ3) is 2.17. The highest BCUT2D eigenvalue weighted by Crippen LogP contribution is 2.27.